The van der Waals surface area contributed by atoms with Crippen LogP contribution in [0.15, 0.2) is 24.3 Å². The Kier molecular flexibility index (Phi) is 5.62. The summed E-state index contributed by atoms with van der Waals surface area (Å²) in [5, 5.41) is 2.65. The molecule has 1 amide bonds. The van der Waals surface area contributed by atoms with Gasteiger partial charge < -0.3 is 15.8 Å². The van der Waals surface area contributed by atoms with Crippen LogP contribution in [0.2, 0.25) is 0 Å². The van der Waals surface area contributed by atoms with E-state index in [0.29, 0.717) is 19.7 Å². The lowest BCUT2D eigenvalue weighted by molar-refractivity contribution is 0.151. The van der Waals surface area contributed by atoms with Crippen molar-refractivity contribution in [1.82, 2.24) is 5.32 Å². The SMILES string of the molecule is CCOC(=O)NCc1ccc(C#CCN)cc1. The largest absolute Gasteiger partial charge is 0.450 e. The number of ether oxygens (including phenoxy) is 1. The minimum atomic E-state index is -0.403. The highest BCUT2D eigenvalue weighted by atomic mass is 16.5. The van der Waals surface area contributed by atoms with Gasteiger partial charge in [0.25, 0.3) is 0 Å². The maximum Gasteiger partial charge on any atom is 0.407 e. The molecule has 0 heterocycles. The number of hydrogen-bond donors (Lipinski definition) is 2. The zero-order valence-electron chi connectivity index (χ0n) is 9.82. The summed E-state index contributed by atoms with van der Waals surface area (Å²) in [6.45, 7) is 2.94. The van der Waals surface area contributed by atoms with E-state index in [4.69, 9.17) is 10.5 Å². The van der Waals surface area contributed by atoms with Crippen LogP contribution in [-0.2, 0) is 11.3 Å². The fourth-order valence-electron chi connectivity index (χ4n) is 1.22. The van der Waals surface area contributed by atoms with E-state index in [0.717, 1.165) is 11.1 Å². The second-order valence-electron chi connectivity index (χ2n) is 3.28. The quantitative estimate of drug-likeness (QED) is 0.771. The molecule has 0 aliphatic rings. The Morgan fingerprint density at radius 1 is 1.41 bits per heavy atom. The topological polar surface area (TPSA) is 64.3 Å². The molecule has 1 aromatic rings. The molecule has 90 valence electrons. The van der Waals surface area contributed by atoms with Crippen molar-refractivity contribution in [3.63, 3.8) is 0 Å². The summed E-state index contributed by atoms with van der Waals surface area (Å²) in [5.41, 5.74) is 7.19. The van der Waals surface area contributed by atoms with Gasteiger partial charge in [0.15, 0.2) is 0 Å². The molecule has 4 heteroatoms. The zero-order valence-corrected chi connectivity index (χ0v) is 9.82. The summed E-state index contributed by atoms with van der Waals surface area (Å²) in [6, 6.07) is 7.61. The van der Waals surface area contributed by atoms with E-state index in [9.17, 15) is 4.79 Å². The lowest BCUT2D eigenvalue weighted by Crippen LogP contribution is -2.23. The molecule has 0 radical (unpaired) electrons. The molecule has 0 saturated heterocycles. The number of rotatable bonds is 3. The van der Waals surface area contributed by atoms with Gasteiger partial charge >= 0.3 is 6.09 Å². The fraction of sp³-hybridized carbons (Fsp3) is 0.308. The molecular formula is C13H16N2O2. The summed E-state index contributed by atoms with van der Waals surface area (Å²) in [6.07, 6.45) is -0.403. The number of nitrogens with one attached hydrogen (secondary N) is 1. The third kappa shape index (κ3) is 5.05. The first-order chi connectivity index (χ1) is 8.26. The number of amides is 1. The second kappa shape index (κ2) is 7.31. The van der Waals surface area contributed by atoms with Crippen molar-refractivity contribution >= 4 is 6.09 Å². The summed E-state index contributed by atoms with van der Waals surface area (Å²) in [5.74, 6) is 5.71. The van der Waals surface area contributed by atoms with E-state index >= 15 is 0 Å². The molecule has 0 aliphatic heterocycles. The molecule has 0 fully saturated rings. The molecular weight excluding hydrogens is 216 g/mol. The number of carbonyl (C=O) groups is 1. The van der Waals surface area contributed by atoms with Gasteiger partial charge in [0.05, 0.1) is 13.2 Å². The number of carbonyl (C=O) groups excluding carboxylic acids is 1. The number of hydrogen-bond acceptors (Lipinski definition) is 3. The Morgan fingerprint density at radius 2 is 2.12 bits per heavy atom. The molecule has 0 spiro atoms. The maximum atomic E-state index is 11.1. The molecule has 0 aromatic heterocycles. The monoisotopic (exact) mass is 232 g/mol. The minimum absolute atomic E-state index is 0.353. The van der Waals surface area contributed by atoms with Crippen LogP contribution in [0.1, 0.15) is 18.1 Å². The first-order valence-electron chi connectivity index (χ1n) is 5.44. The van der Waals surface area contributed by atoms with Gasteiger partial charge in [-0.15, -0.1) is 0 Å². The van der Waals surface area contributed by atoms with Crippen LogP contribution in [0.4, 0.5) is 4.79 Å². The second-order valence-corrected chi connectivity index (χ2v) is 3.28. The summed E-state index contributed by atoms with van der Waals surface area (Å²) < 4.78 is 4.75. The van der Waals surface area contributed by atoms with Gasteiger partial charge in [-0.25, -0.2) is 4.79 Å². The van der Waals surface area contributed by atoms with Crippen LogP contribution in [0, 0.1) is 11.8 Å². The van der Waals surface area contributed by atoms with Gasteiger partial charge in [-0.2, -0.15) is 0 Å². The Bertz CT molecular complexity index is 415. The first-order valence-corrected chi connectivity index (χ1v) is 5.44. The summed E-state index contributed by atoms with van der Waals surface area (Å²) >= 11 is 0. The average Bonchev–Trinajstić information content (AvgIpc) is 2.35. The van der Waals surface area contributed by atoms with Gasteiger partial charge in [-0.1, -0.05) is 24.0 Å². The van der Waals surface area contributed by atoms with Gasteiger partial charge in [0, 0.05) is 12.1 Å². The highest BCUT2D eigenvalue weighted by Crippen LogP contribution is 2.03. The van der Waals surface area contributed by atoms with E-state index in [1.807, 2.05) is 24.3 Å². The van der Waals surface area contributed by atoms with E-state index in [1.54, 1.807) is 6.92 Å². The predicted molar refractivity (Wildman–Crippen MR) is 66.2 cm³/mol. The molecule has 1 rings (SSSR count). The van der Waals surface area contributed by atoms with E-state index in [2.05, 4.69) is 17.2 Å². The third-order valence-electron chi connectivity index (χ3n) is 2.00. The van der Waals surface area contributed by atoms with Crippen molar-refractivity contribution < 1.29 is 9.53 Å². The smallest absolute Gasteiger partial charge is 0.407 e. The Balaban J connectivity index is 2.48. The molecule has 3 N–H and O–H groups in total. The van der Waals surface area contributed by atoms with Crippen molar-refractivity contribution in [1.29, 1.82) is 0 Å². The van der Waals surface area contributed by atoms with Gasteiger partial charge in [0.2, 0.25) is 0 Å². The Labute approximate surface area is 101 Å². The number of alkyl carbamates (subject to hydrolysis) is 1. The average molecular weight is 232 g/mol. The maximum absolute atomic E-state index is 11.1. The van der Waals surface area contributed by atoms with Crippen molar-refractivity contribution in [2.75, 3.05) is 13.2 Å². The summed E-state index contributed by atoms with van der Waals surface area (Å²) in [4.78, 5) is 11.1. The van der Waals surface area contributed by atoms with Crippen LogP contribution in [-0.4, -0.2) is 19.2 Å². The third-order valence-corrected chi connectivity index (χ3v) is 2.00. The molecule has 0 aliphatic carbocycles. The van der Waals surface area contributed by atoms with Crippen molar-refractivity contribution in [3.8, 4) is 11.8 Å². The van der Waals surface area contributed by atoms with Crippen LogP contribution < -0.4 is 11.1 Å². The van der Waals surface area contributed by atoms with Crippen LogP contribution in [0.3, 0.4) is 0 Å². The Morgan fingerprint density at radius 3 is 2.71 bits per heavy atom. The first kappa shape index (κ1) is 13.1. The van der Waals surface area contributed by atoms with Crippen molar-refractivity contribution in [2.45, 2.75) is 13.5 Å². The minimum Gasteiger partial charge on any atom is -0.450 e. The summed E-state index contributed by atoms with van der Waals surface area (Å²) in [7, 11) is 0. The van der Waals surface area contributed by atoms with Crippen LogP contribution in [0.25, 0.3) is 0 Å². The molecule has 17 heavy (non-hydrogen) atoms. The lowest BCUT2D eigenvalue weighted by atomic mass is 10.1. The molecule has 0 bridgehead atoms. The molecule has 4 nitrogen and oxygen atoms in total. The van der Waals surface area contributed by atoms with E-state index in [1.165, 1.54) is 0 Å². The highest BCUT2D eigenvalue weighted by molar-refractivity contribution is 5.67. The predicted octanol–water partition coefficient (Wildman–Crippen LogP) is 1.24. The molecule has 1 aromatic carbocycles. The van der Waals surface area contributed by atoms with Crippen molar-refractivity contribution in [2.24, 2.45) is 5.73 Å². The number of nitrogens with two attached hydrogens (primary N) is 1. The standard InChI is InChI=1S/C13H16N2O2/c1-2-17-13(16)15-10-12-7-5-11(6-8-12)4-3-9-14/h5-8H,2,9-10,14H2,1H3,(H,15,16). The Hall–Kier alpha value is -1.99. The van der Waals surface area contributed by atoms with Crippen molar-refractivity contribution in [3.05, 3.63) is 35.4 Å². The number of benzene rings is 1. The highest BCUT2D eigenvalue weighted by Gasteiger charge is 1.99. The zero-order chi connectivity index (χ0) is 12.5. The van der Waals surface area contributed by atoms with Crippen LogP contribution in [0.5, 0.6) is 0 Å². The van der Waals surface area contributed by atoms with Gasteiger partial charge in [-0.3, -0.25) is 0 Å². The molecule has 0 unspecified atom stereocenters. The lowest BCUT2D eigenvalue weighted by Gasteiger charge is -2.05. The van der Waals surface area contributed by atoms with E-state index in [-0.39, 0.29) is 0 Å². The van der Waals surface area contributed by atoms with Gasteiger partial charge in [-0.05, 0) is 24.6 Å². The van der Waals surface area contributed by atoms with Gasteiger partial charge in [0.1, 0.15) is 0 Å². The molecule has 0 saturated carbocycles. The van der Waals surface area contributed by atoms with E-state index < -0.39 is 6.09 Å². The van der Waals surface area contributed by atoms with Crippen LogP contribution >= 0.6 is 0 Å². The fourth-order valence-corrected chi connectivity index (χ4v) is 1.22. The normalized spacial score (nSPS) is 9.06. The molecule has 0 atom stereocenters.